The highest BCUT2D eigenvalue weighted by atomic mass is 14.7. The van der Waals surface area contributed by atoms with Crippen LogP contribution in [-0.4, -0.2) is 6.21 Å². The van der Waals surface area contributed by atoms with Crippen LogP contribution in [0.3, 0.4) is 0 Å². The molecule has 0 aromatic carbocycles. The minimum atomic E-state index is 0.0580. The molecule has 0 N–H and O–H groups in total. The summed E-state index contributed by atoms with van der Waals surface area (Å²) in [5.41, 5.74) is 1.38. The van der Waals surface area contributed by atoms with Gasteiger partial charge in [0.15, 0.2) is 0 Å². The van der Waals surface area contributed by atoms with E-state index in [-0.39, 0.29) is 5.41 Å². The van der Waals surface area contributed by atoms with Crippen molar-refractivity contribution in [3.63, 3.8) is 0 Å². The molecule has 0 aliphatic rings. The van der Waals surface area contributed by atoms with Crippen LogP contribution in [0, 0.1) is 17.3 Å². The zero-order valence-corrected chi connectivity index (χ0v) is 11.9. The van der Waals surface area contributed by atoms with Crippen LogP contribution in [0.4, 0.5) is 0 Å². The summed E-state index contributed by atoms with van der Waals surface area (Å²) in [4.78, 5) is 4.47. The molecule has 0 saturated carbocycles. The standard InChI is InChI=1S/C15H27N/c1-8-9-15(7,13(4)5)11-16-10-14(6)12(2)3/h8-13H,1-7H3/b9-8-,14-10+,16-11-. The van der Waals surface area contributed by atoms with Crippen molar-refractivity contribution in [2.45, 2.75) is 48.5 Å². The molecule has 0 spiro atoms. The minimum Gasteiger partial charge on any atom is -0.268 e. The summed E-state index contributed by atoms with van der Waals surface area (Å²) in [5, 5.41) is 0. The van der Waals surface area contributed by atoms with Crippen molar-refractivity contribution in [2.24, 2.45) is 22.2 Å². The molecule has 0 rings (SSSR count). The summed E-state index contributed by atoms with van der Waals surface area (Å²) in [6.07, 6.45) is 8.36. The Hall–Kier alpha value is -0.850. The van der Waals surface area contributed by atoms with Crippen LogP contribution in [0.2, 0.25) is 0 Å². The second kappa shape index (κ2) is 6.67. The Bertz CT molecular complexity index is 282. The van der Waals surface area contributed by atoms with Gasteiger partial charge in [-0.2, -0.15) is 0 Å². The van der Waals surface area contributed by atoms with Gasteiger partial charge in [-0.05, 0) is 25.7 Å². The third-order valence-electron chi connectivity index (χ3n) is 3.31. The molecular formula is C15H27N. The number of nitrogens with zero attached hydrogens (tertiary/aromatic N) is 1. The molecule has 0 bridgehead atoms. The van der Waals surface area contributed by atoms with E-state index in [0.717, 1.165) is 0 Å². The van der Waals surface area contributed by atoms with E-state index in [9.17, 15) is 0 Å². The number of allylic oxidation sites excluding steroid dienone is 3. The summed E-state index contributed by atoms with van der Waals surface area (Å²) >= 11 is 0. The molecule has 0 saturated heterocycles. The molecule has 1 atom stereocenters. The third-order valence-corrected chi connectivity index (χ3v) is 3.31. The molecule has 0 radical (unpaired) electrons. The van der Waals surface area contributed by atoms with Gasteiger partial charge in [-0.15, -0.1) is 0 Å². The van der Waals surface area contributed by atoms with Gasteiger partial charge in [0.05, 0.1) is 0 Å². The second-order valence-electron chi connectivity index (χ2n) is 5.33. The van der Waals surface area contributed by atoms with E-state index in [1.807, 2.05) is 6.20 Å². The summed E-state index contributed by atoms with van der Waals surface area (Å²) in [6, 6.07) is 0. The van der Waals surface area contributed by atoms with Gasteiger partial charge in [0.25, 0.3) is 0 Å². The first-order valence-corrected chi connectivity index (χ1v) is 6.18. The van der Waals surface area contributed by atoms with E-state index in [2.05, 4.69) is 71.8 Å². The normalized spacial score (nSPS) is 17.9. The molecule has 1 unspecified atom stereocenters. The van der Waals surface area contributed by atoms with Gasteiger partial charge in [-0.1, -0.05) is 52.3 Å². The number of rotatable bonds is 5. The Balaban J connectivity index is 4.78. The summed E-state index contributed by atoms with van der Waals surface area (Å²) in [6.45, 7) is 15.2. The summed E-state index contributed by atoms with van der Waals surface area (Å²) < 4.78 is 0. The van der Waals surface area contributed by atoms with Crippen LogP contribution in [0.1, 0.15) is 48.5 Å². The van der Waals surface area contributed by atoms with Crippen LogP contribution >= 0.6 is 0 Å². The lowest BCUT2D eigenvalue weighted by Gasteiger charge is -2.25. The van der Waals surface area contributed by atoms with E-state index < -0.39 is 0 Å². The van der Waals surface area contributed by atoms with Gasteiger partial charge >= 0.3 is 0 Å². The van der Waals surface area contributed by atoms with Gasteiger partial charge in [0.1, 0.15) is 0 Å². The van der Waals surface area contributed by atoms with Crippen molar-refractivity contribution >= 4 is 6.21 Å². The second-order valence-corrected chi connectivity index (χ2v) is 5.33. The van der Waals surface area contributed by atoms with Crippen molar-refractivity contribution in [3.8, 4) is 0 Å². The predicted octanol–water partition coefficient (Wildman–Crippen LogP) is 4.86. The first-order chi connectivity index (χ1) is 7.33. The van der Waals surface area contributed by atoms with Crippen LogP contribution < -0.4 is 0 Å². The summed E-state index contributed by atoms with van der Waals surface area (Å²) in [7, 11) is 0. The van der Waals surface area contributed by atoms with E-state index in [0.29, 0.717) is 11.8 Å². The van der Waals surface area contributed by atoms with Crippen molar-refractivity contribution in [3.05, 3.63) is 23.9 Å². The molecule has 0 amide bonds. The van der Waals surface area contributed by atoms with Crippen molar-refractivity contribution in [1.29, 1.82) is 0 Å². The van der Waals surface area contributed by atoms with Crippen LogP contribution in [0.25, 0.3) is 0 Å². The van der Waals surface area contributed by atoms with E-state index >= 15 is 0 Å². The SMILES string of the molecule is C/C=C\C(C)(/C=N\C=C(/C)C(C)C)C(C)C. The maximum Gasteiger partial charge on any atom is 0.0256 e. The Morgan fingerprint density at radius 3 is 2.12 bits per heavy atom. The fraction of sp³-hybridized carbons (Fsp3) is 0.667. The third kappa shape index (κ3) is 4.78. The van der Waals surface area contributed by atoms with Gasteiger partial charge in [-0.25, -0.2) is 0 Å². The zero-order chi connectivity index (χ0) is 12.8. The van der Waals surface area contributed by atoms with Crippen LogP contribution in [-0.2, 0) is 0 Å². The summed E-state index contributed by atoms with van der Waals surface area (Å²) in [5.74, 6) is 1.13. The molecule has 0 aliphatic heterocycles. The average Bonchev–Trinajstić information content (AvgIpc) is 2.17. The first-order valence-electron chi connectivity index (χ1n) is 6.18. The Kier molecular flexibility index (Phi) is 6.32. The maximum atomic E-state index is 4.47. The Morgan fingerprint density at radius 1 is 1.19 bits per heavy atom. The van der Waals surface area contributed by atoms with Crippen molar-refractivity contribution in [2.75, 3.05) is 0 Å². The fourth-order valence-electron chi connectivity index (χ4n) is 1.21. The largest absolute Gasteiger partial charge is 0.268 e. The molecule has 0 aromatic rings. The predicted molar refractivity (Wildman–Crippen MR) is 74.8 cm³/mol. The highest BCUT2D eigenvalue weighted by molar-refractivity contribution is 5.69. The molecule has 0 aliphatic carbocycles. The van der Waals surface area contributed by atoms with Crippen molar-refractivity contribution in [1.82, 2.24) is 0 Å². The van der Waals surface area contributed by atoms with Gasteiger partial charge in [0.2, 0.25) is 0 Å². The van der Waals surface area contributed by atoms with E-state index in [4.69, 9.17) is 0 Å². The van der Waals surface area contributed by atoms with Gasteiger partial charge in [-0.3, -0.25) is 4.99 Å². The highest BCUT2D eigenvalue weighted by Gasteiger charge is 2.22. The lowest BCUT2D eigenvalue weighted by Crippen LogP contribution is -2.22. The molecule has 0 aromatic heterocycles. The van der Waals surface area contributed by atoms with Gasteiger partial charge in [0, 0.05) is 17.8 Å². The first kappa shape index (κ1) is 15.2. The van der Waals surface area contributed by atoms with Gasteiger partial charge < -0.3 is 0 Å². The smallest absolute Gasteiger partial charge is 0.0256 e. The molecule has 0 heterocycles. The molecule has 1 heteroatoms. The lowest BCUT2D eigenvalue weighted by atomic mass is 9.80. The topological polar surface area (TPSA) is 12.4 Å². The Morgan fingerprint density at radius 2 is 1.75 bits per heavy atom. The minimum absolute atomic E-state index is 0.0580. The molecule has 16 heavy (non-hydrogen) atoms. The number of hydrogen-bond donors (Lipinski definition) is 0. The average molecular weight is 221 g/mol. The number of hydrogen-bond acceptors (Lipinski definition) is 1. The highest BCUT2D eigenvalue weighted by Crippen LogP contribution is 2.26. The van der Waals surface area contributed by atoms with Crippen molar-refractivity contribution < 1.29 is 0 Å². The lowest BCUT2D eigenvalue weighted by molar-refractivity contribution is 0.423. The molecule has 92 valence electrons. The fourth-order valence-corrected chi connectivity index (χ4v) is 1.21. The monoisotopic (exact) mass is 221 g/mol. The Labute approximate surface area is 101 Å². The number of aliphatic imine (C=N–C) groups is 1. The quantitative estimate of drug-likeness (QED) is 0.464. The zero-order valence-electron chi connectivity index (χ0n) is 11.9. The van der Waals surface area contributed by atoms with E-state index in [1.54, 1.807) is 0 Å². The van der Waals surface area contributed by atoms with E-state index in [1.165, 1.54) is 5.57 Å². The van der Waals surface area contributed by atoms with Crippen LogP contribution in [0.5, 0.6) is 0 Å². The molecule has 1 nitrogen and oxygen atoms in total. The van der Waals surface area contributed by atoms with Crippen LogP contribution in [0.15, 0.2) is 28.9 Å². The molecule has 0 fully saturated rings. The molecular weight excluding hydrogens is 194 g/mol. The maximum absolute atomic E-state index is 4.47.